The van der Waals surface area contributed by atoms with E-state index < -0.39 is 0 Å². The van der Waals surface area contributed by atoms with Crippen LogP contribution in [0.15, 0.2) is 28.7 Å². The third-order valence-electron chi connectivity index (χ3n) is 3.37. The number of ether oxygens (including phenoxy) is 1. The lowest BCUT2D eigenvalue weighted by atomic mass is 10.0. The Morgan fingerprint density at radius 3 is 2.82 bits per heavy atom. The molecule has 0 aliphatic carbocycles. The number of benzene rings is 1. The van der Waals surface area contributed by atoms with E-state index in [1.54, 1.807) is 0 Å². The van der Waals surface area contributed by atoms with Gasteiger partial charge < -0.3 is 10.1 Å². The number of hydrogen-bond donors (Lipinski definition) is 1. The maximum Gasteiger partial charge on any atom is 0.0960 e. The summed E-state index contributed by atoms with van der Waals surface area (Å²) in [5.74, 6) is 0.663. The van der Waals surface area contributed by atoms with Crippen LogP contribution >= 0.6 is 15.9 Å². The van der Waals surface area contributed by atoms with Crippen molar-refractivity contribution in [3.63, 3.8) is 0 Å². The van der Waals surface area contributed by atoms with Crippen molar-refractivity contribution in [2.75, 3.05) is 13.2 Å². The van der Waals surface area contributed by atoms with Crippen molar-refractivity contribution in [2.45, 2.75) is 32.4 Å². The summed E-state index contributed by atoms with van der Waals surface area (Å²) in [6, 6.07) is 8.88. The fraction of sp³-hybridized carbons (Fsp3) is 0.571. The molecule has 2 unspecified atom stereocenters. The summed E-state index contributed by atoms with van der Waals surface area (Å²) in [6.45, 7) is 6.25. The van der Waals surface area contributed by atoms with E-state index in [-0.39, 0.29) is 6.10 Å². The van der Waals surface area contributed by atoms with Gasteiger partial charge in [0.25, 0.3) is 0 Å². The molecule has 2 atom stereocenters. The van der Waals surface area contributed by atoms with Crippen molar-refractivity contribution in [1.82, 2.24) is 5.32 Å². The Hall–Kier alpha value is -0.380. The Kier molecular flexibility index (Phi) is 4.60. The van der Waals surface area contributed by atoms with Gasteiger partial charge >= 0.3 is 0 Å². The first-order chi connectivity index (χ1) is 8.18. The fourth-order valence-corrected chi connectivity index (χ4v) is 2.80. The molecule has 0 saturated carbocycles. The lowest BCUT2D eigenvalue weighted by molar-refractivity contribution is 0.0656. The second-order valence-electron chi connectivity index (χ2n) is 4.93. The molecule has 1 aliphatic rings. The van der Waals surface area contributed by atoms with Crippen LogP contribution in [-0.4, -0.2) is 19.2 Å². The van der Waals surface area contributed by atoms with Crippen LogP contribution < -0.4 is 5.32 Å². The van der Waals surface area contributed by atoms with Crippen LogP contribution in [-0.2, 0) is 4.74 Å². The molecule has 0 spiro atoms. The molecule has 17 heavy (non-hydrogen) atoms. The van der Waals surface area contributed by atoms with Gasteiger partial charge in [-0.2, -0.15) is 0 Å². The Labute approximate surface area is 112 Å². The van der Waals surface area contributed by atoms with E-state index in [1.165, 1.54) is 5.56 Å². The average molecular weight is 298 g/mol. The van der Waals surface area contributed by atoms with Crippen molar-refractivity contribution in [3.05, 3.63) is 34.3 Å². The zero-order chi connectivity index (χ0) is 12.3. The molecule has 94 valence electrons. The summed E-state index contributed by atoms with van der Waals surface area (Å²) >= 11 is 3.59. The molecular formula is C14H20BrNO. The van der Waals surface area contributed by atoms with Gasteiger partial charge in [-0.1, -0.05) is 48.0 Å². The van der Waals surface area contributed by atoms with Crippen LogP contribution in [0.25, 0.3) is 0 Å². The zero-order valence-electron chi connectivity index (χ0n) is 10.4. The topological polar surface area (TPSA) is 21.3 Å². The molecule has 1 N–H and O–H groups in total. The molecule has 0 radical (unpaired) electrons. The SMILES string of the molecule is CC(C)C1CCOC(c2ccccc2Br)CN1. The maximum absolute atomic E-state index is 5.96. The van der Waals surface area contributed by atoms with Crippen LogP contribution in [0.4, 0.5) is 0 Å². The Bertz CT molecular complexity index is 367. The molecule has 1 saturated heterocycles. The van der Waals surface area contributed by atoms with Gasteiger partial charge in [-0.15, -0.1) is 0 Å². The third kappa shape index (κ3) is 3.30. The van der Waals surface area contributed by atoms with Crippen LogP contribution in [0.3, 0.4) is 0 Å². The summed E-state index contributed by atoms with van der Waals surface area (Å²) in [5.41, 5.74) is 1.24. The molecule has 1 fully saturated rings. The minimum Gasteiger partial charge on any atom is -0.372 e. The lowest BCUT2D eigenvalue weighted by Crippen LogP contribution is -2.34. The van der Waals surface area contributed by atoms with E-state index in [2.05, 4.69) is 53.3 Å². The van der Waals surface area contributed by atoms with Crippen molar-refractivity contribution in [1.29, 1.82) is 0 Å². The van der Waals surface area contributed by atoms with E-state index >= 15 is 0 Å². The van der Waals surface area contributed by atoms with E-state index in [1.807, 2.05) is 6.07 Å². The standard InChI is InChI=1S/C14H20BrNO/c1-10(2)13-7-8-17-14(9-16-13)11-5-3-4-6-12(11)15/h3-6,10,13-14,16H,7-9H2,1-2H3. The van der Waals surface area contributed by atoms with Gasteiger partial charge in [-0.05, 0) is 24.0 Å². The van der Waals surface area contributed by atoms with Gasteiger partial charge in [0, 0.05) is 23.7 Å². The molecule has 1 heterocycles. The predicted octanol–water partition coefficient (Wildman–Crippen LogP) is 3.52. The Morgan fingerprint density at radius 1 is 1.35 bits per heavy atom. The van der Waals surface area contributed by atoms with Crippen LogP contribution in [0.1, 0.15) is 31.9 Å². The normalized spacial score (nSPS) is 25.9. The van der Waals surface area contributed by atoms with E-state index in [0.29, 0.717) is 12.0 Å². The van der Waals surface area contributed by atoms with Gasteiger partial charge in [-0.25, -0.2) is 0 Å². The highest BCUT2D eigenvalue weighted by atomic mass is 79.9. The lowest BCUT2D eigenvalue weighted by Gasteiger charge is -2.20. The maximum atomic E-state index is 5.96. The molecule has 0 bridgehead atoms. The summed E-state index contributed by atoms with van der Waals surface area (Å²) in [5, 5.41) is 3.61. The molecule has 1 aromatic rings. The Balaban J connectivity index is 2.07. The summed E-state index contributed by atoms with van der Waals surface area (Å²) in [4.78, 5) is 0. The highest BCUT2D eigenvalue weighted by Gasteiger charge is 2.22. The van der Waals surface area contributed by atoms with Crippen molar-refractivity contribution >= 4 is 15.9 Å². The van der Waals surface area contributed by atoms with Crippen molar-refractivity contribution < 1.29 is 4.74 Å². The number of nitrogens with one attached hydrogen (secondary N) is 1. The first kappa shape index (κ1) is 13.1. The zero-order valence-corrected chi connectivity index (χ0v) is 12.0. The quantitative estimate of drug-likeness (QED) is 0.902. The summed E-state index contributed by atoms with van der Waals surface area (Å²) in [7, 11) is 0. The van der Waals surface area contributed by atoms with Crippen LogP contribution in [0.5, 0.6) is 0 Å². The van der Waals surface area contributed by atoms with Crippen LogP contribution in [0, 0.1) is 5.92 Å². The van der Waals surface area contributed by atoms with Gasteiger partial charge in [0.2, 0.25) is 0 Å². The predicted molar refractivity (Wildman–Crippen MR) is 74.1 cm³/mol. The van der Waals surface area contributed by atoms with Gasteiger partial charge in [-0.3, -0.25) is 0 Å². The highest BCUT2D eigenvalue weighted by molar-refractivity contribution is 9.10. The van der Waals surface area contributed by atoms with Crippen molar-refractivity contribution in [2.24, 2.45) is 5.92 Å². The van der Waals surface area contributed by atoms with E-state index in [4.69, 9.17) is 4.74 Å². The number of hydrogen-bond acceptors (Lipinski definition) is 2. The molecular weight excluding hydrogens is 278 g/mol. The molecule has 1 aromatic carbocycles. The van der Waals surface area contributed by atoms with Gasteiger partial charge in [0.05, 0.1) is 6.10 Å². The molecule has 1 aliphatic heterocycles. The fourth-order valence-electron chi connectivity index (χ4n) is 2.26. The second kappa shape index (κ2) is 5.98. The highest BCUT2D eigenvalue weighted by Crippen LogP contribution is 2.27. The molecule has 0 amide bonds. The first-order valence-electron chi connectivity index (χ1n) is 6.28. The molecule has 0 aromatic heterocycles. The summed E-state index contributed by atoms with van der Waals surface area (Å²) in [6.07, 6.45) is 1.26. The van der Waals surface area contributed by atoms with E-state index in [0.717, 1.165) is 24.0 Å². The minimum absolute atomic E-state index is 0.161. The Morgan fingerprint density at radius 2 is 2.12 bits per heavy atom. The van der Waals surface area contributed by atoms with Gasteiger partial charge in [0.1, 0.15) is 0 Å². The second-order valence-corrected chi connectivity index (χ2v) is 5.78. The molecule has 2 rings (SSSR count). The van der Waals surface area contributed by atoms with Crippen LogP contribution in [0.2, 0.25) is 0 Å². The first-order valence-corrected chi connectivity index (χ1v) is 7.07. The molecule has 3 heteroatoms. The average Bonchev–Trinajstić information content (AvgIpc) is 2.55. The minimum atomic E-state index is 0.161. The smallest absolute Gasteiger partial charge is 0.0960 e. The number of halogens is 1. The van der Waals surface area contributed by atoms with Crippen molar-refractivity contribution in [3.8, 4) is 0 Å². The van der Waals surface area contributed by atoms with Gasteiger partial charge in [0.15, 0.2) is 0 Å². The number of rotatable bonds is 2. The van der Waals surface area contributed by atoms with E-state index in [9.17, 15) is 0 Å². The molecule has 2 nitrogen and oxygen atoms in total. The largest absolute Gasteiger partial charge is 0.372 e. The summed E-state index contributed by atoms with van der Waals surface area (Å²) < 4.78 is 7.09. The third-order valence-corrected chi connectivity index (χ3v) is 4.09. The monoisotopic (exact) mass is 297 g/mol.